The lowest BCUT2D eigenvalue weighted by molar-refractivity contribution is 0.200. The average Bonchev–Trinajstić information content (AvgIpc) is 3.10. The van der Waals surface area contributed by atoms with Gasteiger partial charge in [-0.15, -0.1) is 0 Å². The second-order valence-corrected chi connectivity index (χ2v) is 8.41. The highest BCUT2D eigenvalue weighted by Crippen LogP contribution is 2.46. The molecule has 136 valence electrons. The number of nitrogens with one attached hydrogen (secondary N) is 1. The van der Waals surface area contributed by atoms with E-state index >= 15 is 0 Å². The van der Waals surface area contributed by atoms with Crippen LogP contribution in [0.25, 0.3) is 11.1 Å². The van der Waals surface area contributed by atoms with Crippen molar-refractivity contribution < 1.29 is 5.11 Å². The SMILES string of the molecule is Cc1ccc(-c2cc3c4c(c2)[C@@H]2CNC[C@@H]2CN4CCC3)c(C(C)O)c1. The number of hydrogen-bond acceptors (Lipinski definition) is 3. The first kappa shape index (κ1) is 16.3. The minimum absolute atomic E-state index is 0.449. The first-order chi connectivity index (χ1) is 12.6. The molecule has 2 aromatic carbocycles. The van der Waals surface area contributed by atoms with Crippen molar-refractivity contribution in [3.63, 3.8) is 0 Å². The summed E-state index contributed by atoms with van der Waals surface area (Å²) in [4.78, 5) is 2.64. The molecule has 3 atom stereocenters. The molecule has 3 aliphatic rings. The summed E-state index contributed by atoms with van der Waals surface area (Å²) in [6, 6.07) is 11.3. The van der Waals surface area contributed by atoms with Crippen LogP contribution in [0.1, 0.15) is 47.6 Å². The first-order valence-corrected chi connectivity index (χ1v) is 10.0. The summed E-state index contributed by atoms with van der Waals surface area (Å²) in [7, 11) is 0. The lowest BCUT2D eigenvalue weighted by Crippen LogP contribution is -2.41. The quantitative estimate of drug-likeness (QED) is 0.867. The van der Waals surface area contributed by atoms with Crippen LogP contribution in [0.3, 0.4) is 0 Å². The van der Waals surface area contributed by atoms with Crippen molar-refractivity contribution in [3.05, 3.63) is 52.6 Å². The highest BCUT2D eigenvalue weighted by Gasteiger charge is 2.39. The number of fused-ring (bicyclic) bond motifs is 2. The molecule has 1 fully saturated rings. The Labute approximate surface area is 156 Å². The molecular formula is C23H28N2O. The first-order valence-electron chi connectivity index (χ1n) is 10.0. The molecule has 0 saturated carbocycles. The number of benzene rings is 2. The Hall–Kier alpha value is -1.84. The molecule has 0 bridgehead atoms. The van der Waals surface area contributed by atoms with E-state index in [1.807, 2.05) is 6.92 Å². The lowest BCUT2D eigenvalue weighted by Gasteiger charge is -2.42. The van der Waals surface area contributed by atoms with Gasteiger partial charge in [0.1, 0.15) is 0 Å². The molecule has 3 nitrogen and oxygen atoms in total. The van der Waals surface area contributed by atoms with Crippen molar-refractivity contribution in [3.8, 4) is 11.1 Å². The van der Waals surface area contributed by atoms with Gasteiger partial charge in [0.05, 0.1) is 6.10 Å². The molecule has 1 saturated heterocycles. The number of aryl methyl sites for hydroxylation is 2. The fraction of sp³-hybridized carbons (Fsp3) is 0.478. The Balaban J connectivity index is 1.70. The molecule has 5 rings (SSSR count). The van der Waals surface area contributed by atoms with Crippen molar-refractivity contribution in [1.82, 2.24) is 5.32 Å². The van der Waals surface area contributed by atoms with Crippen LogP contribution in [0, 0.1) is 12.8 Å². The van der Waals surface area contributed by atoms with Gasteiger partial charge >= 0.3 is 0 Å². The van der Waals surface area contributed by atoms with Crippen LogP contribution in [0.5, 0.6) is 0 Å². The standard InChI is InChI=1S/C23H28N2O/c1-14-5-6-19(20(8-14)15(2)26)17-9-16-4-3-7-25-13-18-11-24-12-22(18)21(10-17)23(16)25/h5-6,8-10,15,18,22,24,26H,3-4,7,11-13H2,1-2H3/t15?,18-,22-/m1/s1. The van der Waals surface area contributed by atoms with Crippen molar-refractivity contribution >= 4 is 5.69 Å². The Bertz CT molecular complexity index is 858. The van der Waals surface area contributed by atoms with Crippen LogP contribution in [0.2, 0.25) is 0 Å². The van der Waals surface area contributed by atoms with Gasteiger partial charge in [0.15, 0.2) is 0 Å². The van der Waals surface area contributed by atoms with Crippen LogP contribution < -0.4 is 10.2 Å². The smallest absolute Gasteiger partial charge is 0.0768 e. The highest BCUT2D eigenvalue weighted by atomic mass is 16.3. The molecule has 2 N–H and O–H groups in total. The third-order valence-corrected chi connectivity index (χ3v) is 6.57. The average molecular weight is 348 g/mol. The Kier molecular flexibility index (Phi) is 3.84. The summed E-state index contributed by atoms with van der Waals surface area (Å²) in [5, 5.41) is 14.0. The monoisotopic (exact) mass is 348 g/mol. The summed E-state index contributed by atoms with van der Waals surface area (Å²) in [5.41, 5.74) is 9.29. The van der Waals surface area contributed by atoms with Gasteiger partial charge in [-0.2, -0.15) is 0 Å². The van der Waals surface area contributed by atoms with E-state index in [0.717, 1.165) is 24.6 Å². The van der Waals surface area contributed by atoms with Gasteiger partial charge in [0, 0.05) is 37.8 Å². The summed E-state index contributed by atoms with van der Waals surface area (Å²) in [6.45, 7) is 8.62. The lowest BCUT2D eigenvalue weighted by atomic mass is 9.78. The van der Waals surface area contributed by atoms with E-state index in [4.69, 9.17) is 0 Å². The maximum atomic E-state index is 10.3. The van der Waals surface area contributed by atoms with Crippen molar-refractivity contribution in [2.75, 3.05) is 31.1 Å². The molecule has 0 aromatic heterocycles. The van der Waals surface area contributed by atoms with Gasteiger partial charge in [-0.3, -0.25) is 0 Å². The van der Waals surface area contributed by atoms with Crippen LogP contribution in [0.15, 0.2) is 30.3 Å². The molecule has 1 unspecified atom stereocenters. The van der Waals surface area contributed by atoms with E-state index in [2.05, 4.69) is 47.5 Å². The Morgan fingerprint density at radius 2 is 2.08 bits per heavy atom. The van der Waals surface area contributed by atoms with E-state index < -0.39 is 6.10 Å². The molecule has 3 heteroatoms. The number of aliphatic hydroxyl groups is 1. The maximum absolute atomic E-state index is 10.3. The van der Waals surface area contributed by atoms with Gasteiger partial charge in [-0.05, 0) is 72.6 Å². The number of nitrogens with zero attached hydrogens (tertiary/aromatic N) is 1. The normalized spacial score (nSPS) is 25.0. The fourth-order valence-electron chi connectivity index (χ4n) is 5.35. The zero-order chi connectivity index (χ0) is 17.8. The minimum atomic E-state index is -0.449. The second kappa shape index (κ2) is 6.11. The van der Waals surface area contributed by atoms with Gasteiger partial charge in [-0.25, -0.2) is 0 Å². The molecule has 26 heavy (non-hydrogen) atoms. The highest BCUT2D eigenvalue weighted by molar-refractivity contribution is 5.76. The van der Waals surface area contributed by atoms with Crippen molar-refractivity contribution in [1.29, 1.82) is 0 Å². The molecule has 0 amide bonds. The van der Waals surface area contributed by atoms with Gasteiger partial charge < -0.3 is 15.3 Å². The van der Waals surface area contributed by atoms with E-state index in [9.17, 15) is 5.11 Å². The topological polar surface area (TPSA) is 35.5 Å². The van der Waals surface area contributed by atoms with E-state index in [1.54, 1.807) is 0 Å². The number of aliphatic hydroxyl groups excluding tert-OH is 1. The zero-order valence-corrected chi connectivity index (χ0v) is 15.8. The summed E-state index contributed by atoms with van der Waals surface area (Å²) in [6.07, 6.45) is 1.97. The van der Waals surface area contributed by atoms with Crippen LogP contribution >= 0.6 is 0 Å². The summed E-state index contributed by atoms with van der Waals surface area (Å²) < 4.78 is 0. The van der Waals surface area contributed by atoms with Crippen LogP contribution in [0.4, 0.5) is 5.69 Å². The fourth-order valence-corrected chi connectivity index (χ4v) is 5.35. The van der Waals surface area contributed by atoms with Crippen molar-refractivity contribution in [2.24, 2.45) is 5.92 Å². The van der Waals surface area contributed by atoms with Gasteiger partial charge in [-0.1, -0.05) is 23.8 Å². The zero-order valence-electron chi connectivity index (χ0n) is 15.8. The molecule has 0 radical (unpaired) electrons. The molecule has 3 heterocycles. The maximum Gasteiger partial charge on any atom is 0.0768 e. The van der Waals surface area contributed by atoms with Crippen LogP contribution in [-0.2, 0) is 6.42 Å². The molecule has 3 aliphatic heterocycles. The third kappa shape index (κ3) is 2.49. The van der Waals surface area contributed by atoms with Gasteiger partial charge in [0.2, 0.25) is 0 Å². The van der Waals surface area contributed by atoms with E-state index in [-0.39, 0.29) is 0 Å². The molecule has 2 aromatic rings. The Morgan fingerprint density at radius 1 is 1.19 bits per heavy atom. The van der Waals surface area contributed by atoms with Gasteiger partial charge in [0.25, 0.3) is 0 Å². The second-order valence-electron chi connectivity index (χ2n) is 8.41. The summed E-state index contributed by atoms with van der Waals surface area (Å²) in [5.74, 6) is 1.37. The predicted octanol–water partition coefficient (Wildman–Crippen LogP) is 3.78. The Morgan fingerprint density at radius 3 is 2.92 bits per heavy atom. The van der Waals surface area contributed by atoms with Crippen LogP contribution in [-0.4, -0.2) is 31.3 Å². The van der Waals surface area contributed by atoms with E-state index in [1.165, 1.54) is 59.4 Å². The molecule has 0 spiro atoms. The molecule has 0 aliphatic carbocycles. The summed E-state index contributed by atoms with van der Waals surface area (Å²) >= 11 is 0. The number of hydrogen-bond donors (Lipinski definition) is 2. The molecular weight excluding hydrogens is 320 g/mol. The number of rotatable bonds is 2. The number of anilines is 1. The van der Waals surface area contributed by atoms with Crippen molar-refractivity contribution in [2.45, 2.75) is 38.7 Å². The predicted molar refractivity (Wildman–Crippen MR) is 107 cm³/mol. The largest absolute Gasteiger partial charge is 0.389 e. The van der Waals surface area contributed by atoms with E-state index in [0.29, 0.717) is 5.92 Å². The minimum Gasteiger partial charge on any atom is -0.389 e. The third-order valence-electron chi connectivity index (χ3n) is 6.57.